The van der Waals surface area contributed by atoms with Crippen molar-refractivity contribution in [1.29, 1.82) is 0 Å². The van der Waals surface area contributed by atoms with Crippen molar-refractivity contribution in [3.8, 4) is 0 Å². The Labute approximate surface area is 116 Å². The van der Waals surface area contributed by atoms with Gasteiger partial charge in [-0.15, -0.1) is 0 Å². The van der Waals surface area contributed by atoms with Crippen LogP contribution in [-0.4, -0.2) is 11.6 Å². The van der Waals surface area contributed by atoms with E-state index < -0.39 is 0 Å². The summed E-state index contributed by atoms with van der Waals surface area (Å²) in [4.78, 5) is 12.3. The molecule has 2 bridgehead atoms. The van der Waals surface area contributed by atoms with Gasteiger partial charge in [0.15, 0.2) is 0 Å². The first-order valence-corrected chi connectivity index (χ1v) is 8.11. The lowest BCUT2D eigenvalue weighted by atomic mass is 9.82. The van der Waals surface area contributed by atoms with Crippen LogP contribution in [0.4, 0.5) is 0 Å². The molecule has 2 saturated carbocycles. The molecule has 0 spiro atoms. The summed E-state index contributed by atoms with van der Waals surface area (Å²) in [6.45, 7) is 2.17. The summed E-state index contributed by atoms with van der Waals surface area (Å²) in [5.74, 6) is 2.02. The molecule has 0 heterocycles. The molecule has 106 valence electrons. The van der Waals surface area contributed by atoms with E-state index >= 15 is 0 Å². The summed E-state index contributed by atoms with van der Waals surface area (Å²) in [7, 11) is 0. The van der Waals surface area contributed by atoms with E-state index in [1.807, 2.05) is 0 Å². The lowest BCUT2D eigenvalue weighted by Crippen LogP contribution is -2.37. The van der Waals surface area contributed by atoms with Crippen molar-refractivity contribution >= 4 is 5.97 Å². The van der Waals surface area contributed by atoms with Gasteiger partial charge in [-0.05, 0) is 62.7 Å². The summed E-state index contributed by atoms with van der Waals surface area (Å²) in [6, 6.07) is 0. The topological polar surface area (TPSA) is 26.3 Å². The molecule has 0 aromatic heterocycles. The standard InChI is InChI=1S/C17H26O2/c1-2-17(8-4-3-5-9-17)19-16(18)12-15-11-13-6-7-14(15)10-13/h6-7,13-15H,2-5,8-12H2,1H3. The summed E-state index contributed by atoms with van der Waals surface area (Å²) in [6.07, 6.45) is 14.7. The highest BCUT2D eigenvalue weighted by Gasteiger charge is 2.39. The van der Waals surface area contributed by atoms with E-state index in [1.165, 1.54) is 32.1 Å². The largest absolute Gasteiger partial charge is 0.459 e. The second-order valence-electron chi connectivity index (χ2n) is 6.82. The first kappa shape index (κ1) is 13.2. The van der Waals surface area contributed by atoms with Gasteiger partial charge in [-0.2, -0.15) is 0 Å². The van der Waals surface area contributed by atoms with Gasteiger partial charge >= 0.3 is 5.97 Å². The number of allylic oxidation sites excluding steroid dienone is 2. The van der Waals surface area contributed by atoms with E-state index in [-0.39, 0.29) is 11.6 Å². The zero-order valence-electron chi connectivity index (χ0n) is 12.1. The zero-order chi connectivity index (χ0) is 13.3. The Morgan fingerprint density at radius 3 is 2.58 bits per heavy atom. The SMILES string of the molecule is CCC1(OC(=O)CC2CC3C=CC2C3)CCCCC1. The molecule has 0 amide bonds. The van der Waals surface area contributed by atoms with Gasteiger partial charge in [0.1, 0.15) is 5.60 Å². The molecule has 0 saturated heterocycles. The smallest absolute Gasteiger partial charge is 0.306 e. The molecule has 3 aliphatic rings. The van der Waals surface area contributed by atoms with Crippen LogP contribution in [0.15, 0.2) is 12.2 Å². The predicted octanol–water partition coefficient (Wildman–Crippen LogP) is 4.24. The number of rotatable bonds is 4. The molecule has 0 aliphatic heterocycles. The first-order valence-electron chi connectivity index (χ1n) is 8.11. The summed E-state index contributed by atoms with van der Waals surface area (Å²) in [5.41, 5.74) is -0.122. The summed E-state index contributed by atoms with van der Waals surface area (Å²) in [5, 5.41) is 0. The van der Waals surface area contributed by atoms with Gasteiger partial charge in [0, 0.05) is 6.42 Å². The Balaban J connectivity index is 1.54. The molecule has 0 N–H and O–H groups in total. The lowest BCUT2D eigenvalue weighted by molar-refractivity contribution is -0.165. The number of hydrogen-bond acceptors (Lipinski definition) is 2. The Kier molecular flexibility index (Phi) is 3.68. The number of carbonyl (C=O) groups is 1. The van der Waals surface area contributed by atoms with Crippen molar-refractivity contribution in [2.45, 2.75) is 70.3 Å². The van der Waals surface area contributed by atoms with E-state index in [1.54, 1.807) is 0 Å². The fourth-order valence-corrected chi connectivity index (χ4v) is 4.35. The fraction of sp³-hybridized carbons (Fsp3) is 0.824. The third-order valence-corrected chi connectivity index (χ3v) is 5.58. The monoisotopic (exact) mass is 262 g/mol. The molecule has 0 radical (unpaired) electrons. The highest BCUT2D eigenvalue weighted by atomic mass is 16.6. The highest BCUT2D eigenvalue weighted by Crippen LogP contribution is 2.45. The molecule has 3 unspecified atom stereocenters. The van der Waals surface area contributed by atoms with Crippen molar-refractivity contribution in [1.82, 2.24) is 0 Å². The van der Waals surface area contributed by atoms with E-state index in [9.17, 15) is 4.79 Å². The van der Waals surface area contributed by atoms with Crippen molar-refractivity contribution in [2.24, 2.45) is 17.8 Å². The summed E-state index contributed by atoms with van der Waals surface area (Å²) < 4.78 is 5.93. The number of esters is 1. The quantitative estimate of drug-likeness (QED) is 0.559. The average molecular weight is 262 g/mol. The minimum atomic E-state index is -0.122. The maximum atomic E-state index is 12.3. The van der Waals surface area contributed by atoms with Crippen LogP contribution in [0.25, 0.3) is 0 Å². The molecule has 0 aromatic carbocycles. The van der Waals surface area contributed by atoms with Crippen LogP contribution >= 0.6 is 0 Å². The second-order valence-corrected chi connectivity index (χ2v) is 6.82. The number of ether oxygens (including phenoxy) is 1. The molecule has 2 nitrogen and oxygen atoms in total. The van der Waals surface area contributed by atoms with Crippen molar-refractivity contribution < 1.29 is 9.53 Å². The van der Waals surface area contributed by atoms with Gasteiger partial charge in [-0.3, -0.25) is 4.79 Å². The molecular weight excluding hydrogens is 236 g/mol. The van der Waals surface area contributed by atoms with Gasteiger partial charge in [0.25, 0.3) is 0 Å². The maximum Gasteiger partial charge on any atom is 0.306 e. The van der Waals surface area contributed by atoms with Gasteiger partial charge in [-0.1, -0.05) is 25.5 Å². The average Bonchev–Trinajstić information content (AvgIpc) is 3.02. The number of fused-ring (bicyclic) bond motifs is 2. The molecule has 3 rings (SSSR count). The fourth-order valence-electron chi connectivity index (χ4n) is 4.35. The van der Waals surface area contributed by atoms with Gasteiger partial charge in [0.05, 0.1) is 0 Å². The normalized spacial score (nSPS) is 35.5. The molecule has 3 aliphatic carbocycles. The van der Waals surface area contributed by atoms with E-state index in [4.69, 9.17) is 4.74 Å². The van der Waals surface area contributed by atoms with Crippen LogP contribution in [0.3, 0.4) is 0 Å². The summed E-state index contributed by atoms with van der Waals surface area (Å²) >= 11 is 0. The second kappa shape index (κ2) is 5.30. The minimum Gasteiger partial charge on any atom is -0.459 e. The van der Waals surface area contributed by atoms with Crippen LogP contribution in [-0.2, 0) is 9.53 Å². The number of carbonyl (C=O) groups excluding carboxylic acids is 1. The van der Waals surface area contributed by atoms with E-state index in [2.05, 4.69) is 19.1 Å². The van der Waals surface area contributed by atoms with Crippen molar-refractivity contribution in [3.63, 3.8) is 0 Å². The van der Waals surface area contributed by atoms with Crippen LogP contribution in [0.5, 0.6) is 0 Å². The third kappa shape index (κ3) is 2.73. The maximum absolute atomic E-state index is 12.3. The van der Waals surface area contributed by atoms with E-state index in [0.717, 1.165) is 25.2 Å². The van der Waals surface area contributed by atoms with Crippen molar-refractivity contribution in [2.75, 3.05) is 0 Å². The van der Waals surface area contributed by atoms with Gasteiger partial charge in [-0.25, -0.2) is 0 Å². The Hall–Kier alpha value is -0.790. The molecular formula is C17H26O2. The van der Waals surface area contributed by atoms with Crippen LogP contribution in [0, 0.1) is 17.8 Å². The lowest BCUT2D eigenvalue weighted by Gasteiger charge is -2.36. The van der Waals surface area contributed by atoms with Gasteiger partial charge in [0.2, 0.25) is 0 Å². The minimum absolute atomic E-state index is 0.0645. The third-order valence-electron chi connectivity index (χ3n) is 5.58. The number of hydrogen-bond donors (Lipinski definition) is 0. The van der Waals surface area contributed by atoms with E-state index in [0.29, 0.717) is 18.3 Å². The highest BCUT2D eigenvalue weighted by molar-refractivity contribution is 5.70. The Morgan fingerprint density at radius 2 is 2.00 bits per heavy atom. The van der Waals surface area contributed by atoms with Crippen LogP contribution in [0.1, 0.15) is 64.7 Å². The zero-order valence-corrected chi connectivity index (χ0v) is 12.1. The molecule has 19 heavy (non-hydrogen) atoms. The van der Waals surface area contributed by atoms with Crippen LogP contribution < -0.4 is 0 Å². The first-order chi connectivity index (χ1) is 9.21. The van der Waals surface area contributed by atoms with Gasteiger partial charge < -0.3 is 4.74 Å². The Bertz CT molecular complexity index is 365. The van der Waals surface area contributed by atoms with Crippen LogP contribution in [0.2, 0.25) is 0 Å². The molecule has 3 atom stereocenters. The Morgan fingerprint density at radius 1 is 1.21 bits per heavy atom. The molecule has 2 heteroatoms. The van der Waals surface area contributed by atoms with Crippen molar-refractivity contribution in [3.05, 3.63) is 12.2 Å². The molecule has 2 fully saturated rings. The predicted molar refractivity (Wildman–Crippen MR) is 75.7 cm³/mol. The molecule has 0 aromatic rings.